The van der Waals surface area contributed by atoms with E-state index in [2.05, 4.69) is 50.1 Å². The van der Waals surface area contributed by atoms with E-state index in [1.54, 1.807) is 12.1 Å². The minimum atomic E-state index is -0.207. The normalized spacial score (nSPS) is 11.2. The first kappa shape index (κ1) is 14.3. The molecule has 0 unspecified atom stereocenters. The summed E-state index contributed by atoms with van der Waals surface area (Å²) in [5.74, 6) is -0.207. The molecule has 2 nitrogen and oxygen atoms in total. The molecule has 0 atom stereocenters. The summed E-state index contributed by atoms with van der Waals surface area (Å²) in [7, 11) is 1.94. The third kappa shape index (κ3) is 3.01. The fourth-order valence-electron chi connectivity index (χ4n) is 2.55. The van der Waals surface area contributed by atoms with Crippen LogP contribution in [-0.4, -0.2) is 11.6 Å². The molecular formula is C17H16BrFN2. The third-order valence-corrected chi connectivity index (χ3v) is 4.34. The van der Waals surface area contributed by atoms with Gasteiger partial charge in [-0.3, -0.25) is 0 Å². The third-order valence-electron chi connectivity index (χ3n) is 3.56. The summed E-state index contributed by atoms with van der Waals surface area (Å²) >= 11 is 3.48. The van der Waals surface area contributed by atoms with E-state index < -0.39 is 0 Å². The smallest absolute Gasteiger partial charge is 0.123 e. The highest BCUT2D eigenvalue weighted by atomic mass is 79.9. The SMILES string of the molecule is CNCc1ccc2c(ccn2Cc2cc(F)ccc2Br)c1. The second kappa shape index (κ2) is 6.00. The van der Waals surface area contributed by atoms with Crippen molar-refractivity contribution in [1.29, 1.82) is 0 Å². The number of aromatic nitrogens is 1. The molecule has 4 heteroatoms. The van der Waals surface area contributed by atoms with E-state index in [9.17, 15) is 4.39 Å². The molecule has 0 aliphatic carbocycles. The number of nitrogens with zero attached hydrogens (tertiary/aromatic N) is 1. The maximum absolute atomic E-state index is 13.4. The molecule has 0 spiro atoms. The van der Waals surface area contributed by atoms with Gasteiger partial charge in [-0.05, 0) is 60.0 Å². The second-order valence-corrected chi connectivity index (χ2v) is 5.96. The molecular weight excluding hydrogens is 331 g/mol. The monoisotopic (exact) mass is 346 g/mol. The summed E-state index contributed by atoms with van der Waals surface area (Å²) in [4.78, 5) is 0. The number of nitrogens with one attached hydrogen (secondary N) is 1. The molecule has 0 aliphatic rings. The zero-order valence-electron chi connectivity index (χ0n) is 11.7. The van der Waals surface area contributed by atoms with Crippen molar-refractivity contribution in [1.82, 2.24) is 9.88 Å². The van der Waals surface area contributed by atoms with E-state index in [1.807, 2.05) is 13.2 Å². The molecule has 0 amide bonds. The Morgan fingerprint density at radius 3 is 2.81 bits per heavy atom. The van der Waals surface area contributed by atoms with Crippen LogP contribution >= 0.6 is 15.9 Å². The lowest BCUT2D eigenvalue weighted by Gasteiger charge is -2.09. The van der Waals surface area contributed by atoms with Crippen LogP contribution in [0, 0.1) is 5.82 Å². The number of fused-ring (bicyclic) bond motifs is 1. The summed E-state index contributed by atoms with van der Waals surface area (Å²) in [5.41, 5.74) is 3.35. The second-order valence-electron chi connectivity index (χ2n) is 5.10. The van der Waals surface area contributed by atoms with Gasteiger partial charge in [-0.25, -0.2) is 4.39 Å². The molecule has 2 aromatic carbocycles. The molecule has 0 bridgehead atoms. The fraction of sp³-hybridized carbons (Fsp3) is 0.176. The number of hydrogen-bond donors (Lipinski definition) is 1. The summed E-state index contributed by atoms with van der Waals surface area (Å²) in [6.45, 7) is 1.50. The zero-order valence-corrected chi connectivity index (χ0v) is 13.3. The van der Waals surface area contributed by atoms with E-state index in [4.69, 9.17) is 0 Å². The average molecular weight is 347 g/mol. The van der Waals surface area contributed by atoms with Crippen molar-refractivity contribution in [2.75, 3.05) is 7.05 Å². The van der Waals surface area contributed by atoms with Crippen LogP contribution in [0.1, 0.15) is 11.1 Å². The molecule has 0 saturated heterocycles. The van der Waals surface area contributed by atoms with Crippen LogP contribution in [-0.2, 0) is 13.1 Å². The van der Waals surface area contributed by atoms with Crippen molar-refractivity contribution in [3.05, 3.63) is 70.1 Å². The van der Waals surface area contributed by atoms with Crippen molar-refractivity contribution < 1.29 is 4.39 Å². The molecule has 108 valence electrons. The average Bonchev–Trinajstić information content (AvgIpc) is 2.86. The predicted octanol–water partition coefficient (Wildman–Crippen LogP) is 4.31. The van der Waals surface area contributed by atoms with Crippen LogP contribution in [0.25, 0.3) is 10.9 Å². The topological polar surface area (TPSA) is 17.0 Å². The van der Waals surface area contributed by atoms with E-state index in [1.165, 1.54) is 17.0 Å². The van der Waals surface area contributed by atoms with Gasteiger partial charge < -0.3 is 9.88 Å². The van der Waals surface area contributed by atoms with Gasteiger partial charge in [0.2, 0.25) is 0 Å². The minimum absolute atomic E-state index is 0.207. The maximum atomic E-state index is 13.4. The van der Waals surface area contributed by atoms with Gasteiger partial charge in [-0.2, -0.15) is 0 Å². The first-order valence-corrected chi connectivity index (χ1v) is 7.63. The predicted molar refractivity (Wildman–Crippen MR) is 87.9 cm³/mol. The van der Waals surface area contributed by atoms with E-state index in [-0.39, 0.29) is 5.82 Å². The molecule has 1 aromatic heterocycles. The van der Waals surface area contributed by atoms with Crippen molar-refractivity contribution in [2.24, 2.45) is 0 Å². The molecule has 1 heterocycles. The first-order valence-electron chi connectivity index (χ1n) is 6.83. The quantitative estimate of drug-likeness (QED) is 0.744. The summed E-state index contributed by atoms with van der Waals surface area (Å²) < 4.78 is 16.5. The van der Waals surface area contributed by atoms with Crippen LogP contribution in [0.3, 0.4) is 0 Å². The molecule has 21 heavy (non-hydrogen) atoms. The van der Waals surface area contributed by atoms with E-state index >= 15 is 0 Å². The van der Waals surface area contributed by atoms with Gasteiger partial charge in [-0.15, -0.1) is 0 Å². The Morgan fingerprint density at radius 1 is 1.14 bits per heavy atom. The largest absolute Gasteiger partial charge is 0.343 e. The van der Waals surface area contributed by atoms with Crippen LogP contribution in [0.15, 0.2) is 53.1 Å². The van der Waals surface area contributed by atoms with Crippen LogP contribution < -0.4 is 5.32 Å². The minimum Gasteiger partial charge on any atom is -0.343 e. The molecule has 3 rings (SSSR count). The zero-order chi connectivity index (χ0) is 14.8. The highest BCUT2D eigenvalue weighted by molar-refractivity contribution is 9.10. The molecule has 3 aromatic rings. The molecule has 1 N–H and O–H groups in total. The van der Waals surface area contributed by atoms with Gasteiger partial charge in [0.1, 0.15) is 5.82 Å². The van der Waals surface area contributed by atoms with E-state index in [0.717, 1.165) is 22.1 Å². The Balaban J connectivity index is 1.96. The van der Waals surface area contributed by atoms with Gasteiger partial charge in [0.05, 0.1) is 0 Å². The Labute approximate surface area is 131 Å². The number of benzene rings is 2. The fourth-order valence-corrected chi connectivity index (χ4v) is 2.92. The lowest BCUT2D eigenvalue weighted by molar-refractivity contribution is 0.623. The van der Waals surface area contributed by atoms with Gasteiger partial charge in [-0.1, -0.05) is 22.0 Å². The standard InChI is InChI=1S/C17H16BrFN2/c1-20-10-12-2-5-17-13(8-12)6-7-21(17)11-14-9-15(19)3-4-16(14)18/h2-9,20H,10-11H2,1H3. The maximum Gasteiger partial charge on any atom is 0.123 e. The van der Waals surface area contributed by atoms with Crippen LogP contribution in [0.5, 0.6) is 0 Å². The summed E-state index contributed by atoms with van der Waals surface area (Å²) in [6, 6.07) is 13.3. The summed E-state index contributed by atoms with van der Waals surface area (Å²) in [6.07, 6.45) is 2.05. The van der Waals surface area contributed by atoms with Crippen LogP contribution in [0.2, 0.25) is 0 Å². The van der Waals surface area contributed by atoms with Crippen molar-refractivity contribution in [3.8, 4) is 0 Å². The number of rotatable bonds is 4. The van der Waals surface area contributed by atoms with Gasteiger partial charge in [0.25, 0.3) is 0 Å². The van der Waals surface area contributed by atoms with Crippen molar-refractivity contribution >= 4 is 26.8 Å². The Morgan fingerprint density at radius 2 is 2.00 bits per heavy atom. The van der Waals surface area contributed by atoms with Gasteiger partial charge in [0, 0.05) is 29.3 Å². The lowest BCUT2D eigenvalue weighted by Crippen LogP contribution is -2.04. The molecule has 0 fully saturated rings. The number of halogens is 2. The van der Waals surface area contributed by atoms with Gasteiger partial charge >= 0.3 is 0 Å². The molecule has 0 saturated carbocycles. The Bertz CT molecular complexity index is 780. The summed E-state index contributed by atoms with van der Waals surface area (Å²) in [5, 5.41) is 4.36. The van der Waals surface area contributed by atoms with Crippen molar-refractivity contribution in [3.63, 3.8) is 0 Å². The highest BCUT2D eigenvalue weighted by Gasteiger charge is 2.06. The Hall–Kier alpha value is -1.65. The van der Waals surface area contributed by atoms with Crippen LogP contribution in [0.4, 0.5) is 4.39 Å². The van der Waals surface area contributed by atoms with Gasteiger partial charge in [0.15, 0.2) is 0 Å². The van der Waals surface area contributed by atoms with E-state index in [0.29, 0.717) is 6.54 Å². The lowest BCUT2D eigenvalue weighted by atomic mass is 10.1. The van der Waals surface area contributed by atoms with Crippen molar-refractivity contribution in [2.45, 2.75) is 13.1 Å². The molecule has 0 aliphatic heterocycles. The Kier molecular flexibility index (Phi) is 4.08. The highest BCUT2D eigenvalue weighted by Crippen LogP contribution is 2.23. The number of hydrogen-bond acceptors (Lipinski definition) is 1. The molecule has 0 radical (unpaired) electrons. The first-order chi connectivity index (χ1) is 10.2.